The summed E-state index contributed by atoms with van der Waals surface area (Å²) in [4.78, 5) is 40.9. The average molecular weight is 544 g/mol. The van der Waals surface area contributed by atoms with E-state index in [1.807, 2.05) is 0 Å². The van der Waals surface area contributed by atoms with Gasteiger partial charge in [-0.3, -0.25) is 19.3 Å². The minimum absolute atomic E-state index is 0.0325. The molecule has 35 heavy (non-hydrogen) atoms. The molecular formula is C25H26BrN3O6. The Morgan fingerprint density at radius 3 is 2.34 bits per heavy atom. The number of carbonyl (C=O) groups is 3. The fourth-order valence-electron chi connectivity index (χ4n) is 4.20. The highest BCUT2D eigenvalue weighted by Crippen LogP contribution is 2.39. The largest absolute Gasteiger partial charge is 0.507 e. The van der Waals surface area contributed by atoms with Gasteiger partial charge in [-0.1, -0.05) is 40.2 Å². The van der Waals surface area contributed by atoms with Gasteiger partial charge in [-0.25, -0.2) is 0 Å². The quantitative estimate of drug-likeness (QED) is 0.297. The smallest absolute Gasteiger partial charge is 0.295 e. The number of morpholine rings is 1. The number of amides is 2. The molecule has 2 aromatic rings. The molecule has 2 saturated heterocycles. The Morgan fingerprint density at radius 1 is 1.06 bits per heavy atom. The van der Waals surface area contributed by atoms with Crippen LogP contribution < -0.4 is 10.5 Å². The maximum atomic E-state index is 13.1. The summed E-state index contributed by atoms with van der Waals surface area (Å²) in [5.41, 5.74) is 6.24. The van der Waals surface area contributed by atoms with Crippen molar-refractivity contribution in [2.75, 3.05) is 46.0 Å². The molecule has 3 N–H and O–H groups in total. The Hall–Kier alpha value is -3.21. The molecule has 0 spiro atoms. The molecule has 1 atom stereocenters. The summed E-state index contributed by atoms with van der Waals surface area (Å²) in [6.45, 7) is 3.37. The molecule has 9 nitrogen and oxygen atoms in total. The molecule has 2 heterocycles. The number of ether oxygens (including phenoxy) is 2. The van der Waals surface area contributed by atoms with Crippen LogP contribution in [0.2, 0.25) is 0 Å². The van der Waals surface area contributed by atoms with Crippen LogP contribution in [-0.4, -0.2) is 78.5 Å². The van der Waals surface area contributed by atoms with Gasteiger partial charge in [0.2, 0.25) is 0 Å². The molecule has 2 aliphatic rings. The Kier molecular flexibility index (Phi) is 7.84. The van der Waals surface area contributed by atoms with Crippen molar-refractivity contribution in [1.82, 2.24) is 9.80 Å². The Bertz CT molecular complexity index is 1130. The van der Waals surface area contributed by atoms with Gasteiger partial charge in [0.05, 0.1) is 24.8 Å². The molecule has 1 unspecified atom stereocenters. The Labute approximate surface area is 211 Å². The predicted octanol–water partition coefficient (Wildman–Crippen LogP) is 2.07. The highest BCUT2D eigenvalue weighted by atomic mass is 79.9. The van der Waals surface area contributed by atoms with Crippen molar-refractivity contribution in [3.63, 3.8) is 0 Å². The molecule has 2 fully saturated rings. The first kappa shape index (κ1) is 24.9. The first-order chi connectivity index (χ1) is 16.8. The number of ketones is 1. The number of benzene rings is 2. The Balaban J connectivity index is 1.69. The zero-order valence-corrected chi connectivity index (χ0v) is 20.6. The zero-order chi connectivity index (χ0) is 24.9. The number of aliphatic hydroxyl groups excluding tert-OH is 1. The highest BCUT2D eigenvalue weighted by Gasteiger charge is 2.46. The van der Waals surface area contributed by atoms with Crippen molar-refractivity contribution in [3.05, 3.63) is 69.7 Å². The summed E-state index contributed by atoms with van der Waals surface area (Å²) in [5, 5.41) is 11.1. The van der Waals surface area contributed by atoms with Crippen LogP contribution in [-0.2, 0) is 19.1 Å². The number of aliphatic hydroxyl groups is 1. The number of hydrogen-bond donors (Lipinski definition) is 2. The van der Waals surface area contributed by atoms with E-state index in [0.29, 0.717) is 43.2 Å². The number of rotatable bonds is 8. The molecule has 10 heteroatoms. The number of likely N-dealkylation sites (tertiary alicyclic amines) is 1. The number of nitrogens with zero attached hydrogens (tertiary/aromatic N) is 2. The van der Waals surface area contributed by atoms with Crippen molar-refractivity contribution in [2.24, 2.45) is 5.73 Å². The van der Waals surface area contributed by atoms with Crippen LogP contribution in [0.3, 0.4) is 0 Å². The Morgan fingerprint density at radius 2 is 1.71 bits per heavy atom. The van der Waals surface area contributed by atoms with E-state index in [4.69, 9.17) is 15.2 Å². The van der Waals surface area contributed by atoms with E-state index in [-0.39, 0.29) is 17.9 Å². The molecule has 0 aliphatic carbocycles. The van der Waals surface area contributed by atoms with Crippen molar-refractivity contribution in [2.45, 2.75) is 6.04 Å². The van der Waals surface area contributed by atoms with Crippen LogP contribution in [0.15, 0.2) is 58.6 Å². The first-order valence-corrected chi connectivity index (χ1v) is 12.0. The minimum atomic E-state index is -0.773. The monoisotopic (exact) mass is 543 g/mol. The van der Waals surface area contributed by atoms with Gasteiger partial charge in [-0.2, -0.15) is 0 Å². The van der Waals surface area contributed by atoms with Crippen molar-refractivity contribution in [3.8, 4) is 5.75 Å². The number of halogens is 1. The number of Topliss-reactive ketones (excluding diaryl/α,β-unsaturated/α-hetero) is 1. The topological polar surface area (TPSA) is 122 Å². The predicted molar refractivity (Wildman–Crippen MR) is 132 cm³/mol. The summed E-state index contributed by atoms with van der Waals surface area (Å²) in [6.07, 6.45) is 0. The second-order valence-corrected chi connectivity index (χ2v) is 9.19. The van der Waals surface area contributed by atoms with Crippen molar-refractivity contribution < 1.29 is 29.0 Å². The van der Waals surface area contributed by atoms with Crippen LogP contribution in [0.4, 0.5) is 0 Å². The van der Waals surface area contributed by atoms with Gasteiger partial charge in [0.1, 0.15) is 11.5 Å². The van der Waals surface area contributed by atoms with E-state index in [2.05, 4.69) is 20.8 Å². The minimum Gasteiger partial charge on any atom is -0.507 e. The van der Waals surface area contributed by atoms with Gasteiger partial charge in [0.25, 0.3) is 17.6 Å². The number of nitrogens with two attached hydrogens (primary N) is 1. The number of primary amides is 1. The zero-order valence-electron chi connectivity index (χ0n) is 19.0. The standard InChI is InChI=1S/C25H26BrN3O6/c26-18-5-1-17(2-6-18)23(31)21-22(16-3-7-19(8-4-16)35-15-20(27)30)29(25(33)24(21)32)10-9-28-11-13-34-14-12-28/h1-8,22,31H,9-15H2,(H2,27,30)/b23-21-. The summed E-state index contributed by atoms with van der Waals surface area (Å²) in [5.74, 6) is -1.79. The SMILES string of the molecule is NC(=O)COc1ccc(C2/C(=C(/O)c3ccc(Br)cc3)C(=O)C(=O)N2CCN2CCOCC2)cc1. The van der Waals surface area contributed by atoms with Crippen molar-refractivity contribution in [1.29, 1.82) is 0 Å². The molecular weight excluding hydrogens is 518 g/mol. The van der Waals surface area contributed by atoms with Gasteiger partial charge in [-0.05, 0) is 29.8 Å². The van der Waals surface area contributed by atoms with Gasteiger partial charge in [-0.15, -0.1) is 0 Å². The highest BCUT2D eigenvalue weighted by molar-refractivity contribution is 9.10. The molecule has 2 aromatic carbocycles. The lowest BCUT2D eigenvalue weighted by molar-refractivity contribution is -0.140. The fraction of sp³-hybridized carbons (Fsp3) is 0.320. The molecule has 2 amide bonds. The maximum Gasteiger partial charge on any atom is 0.295 e. The molecule has 184 valence electrons. The van der Waals surface area contributed by atoms with Crippen LogP contribution in [0.5, 0.6) is 5.75 Å². The molecule has 0 radical (unpaired) electrons. The third-order valence-electron chi connectivity index (χ3n) is 6.00. The lowest BCUT2D eigenvalue weighted by atomic mass is 9.95. The van der Waals surface area contributed by atoms with Gasteiger partial charge < -0.3 is 25.2 Å². The molecule has 4 rings (SSSR count). The summed E-state index contributed by atoms with van der Waals surface area (Å²) in [6, 6.07) is 12.8. The second-order valence-electron chi connectivity index (χ2n) is 8.28. The summed E-state index contributed by atoms with van der Waals surface area (Å²) >= 11 is 3.36. The summed E-state index contributed by atoms with van der Waals surface area (Å²) < 4.78 is 11.5. The van der Waals surface area contributed by atoms with Gasteiger partial charge in [0.15, 0.2) is 6.61 Å². The van der Waals surface area contributed by atoms with E-state index >= 15 is 0 Å². The molecule has 2 aliphatic heterocycles. The number of carbonyl (C=O) groups excluding carboxylic acids is 3. The van der Waals surface area contributed by atoms with Gasteiger partial charge in [0, 0.05) is 36.2 Å². The normalized spacial score (nSPS) is 20.3. The van der Waals surface area contributed by atoms with E-state index in [9.17, 15) is 19.5 Å². The third kappa shape index (κ3) is 5.72. The lowest BCUT2D eigenvalue weighted by Crippen LogP contribution is -2.42. The van der Waals surface area contributed by atoms with E-state index in [1.165, 1.54) is 4.90 Å². The van der Waals surface area contributed by atoms with Crippen LogP contribution in [0, 0.1) is 0 Å². The molecule has 0 bridgehead atoms. The van der Waals surface area contributed by atoms with E-state index in [1.54, 1.807) is 48.5 Å². The van der Waals surface area contributed by atoms with Gasteiger partial charge >= 0.3 is 0 Å². The van der Waals surface area contributed by atoms with Crippen LogP contribution >= 0.6 is 15.9 Å². The van der Waals surface area contributed by atoms with E-state index in [0.717, 1.165) is 17.6 Å². The van der Waals surface area contributed by atoms with E-state index < -0.39 is 23.6 Å². The summed E-state index contributed by atoms with van der Waals surface area (Å²) in [7, 11) is 0. The van der Waals surface area contributed by atoms with Crippen LogP contribution in [0.25, 0.3) is 5.76 Å². The average Bonchev–Trinajstić information content (AvgIpc) is 3.12. The number of hydrogen-bond acceptors (Lipinski definition) is 7. The second kappa shape index (κ2) is 11.0. The van der Waals surface area contributed by atoms with Crippen LogP contribution in [0.1, 0.15) is 17.2 Å². The molecule has 0 aromatic heterocycles. The fourth-order valence-corrected chi connectivity index (χ4v) is 4.46. The maximum absolute atomic E-state index is 13.1. The molecule has 0 saturated carbocycles. The first-order valence-electron chi connectivity index (χ1n) is 11.2. The lowest BCUT2D eigenvalue weighted by Gasteiger charge is -2.31. The van der Waals surface area contributed by atoms with Crippen molar-refractivity contribution >= 4 is 39.3 Å². The third-order valence-corrected chi connectivity index (χ3v) is 6.52.